The summed E-state index contributed by atoms with van der Waals surface area (Å²) in [5.41, 5.74) is 0. The SMILES string of the molecule is CCC1OCCC1CNC(=O)CCBr. The van der Waals surface area contributed by atoms with E-state index in [9.17, 15) is 4.79 Å². The summed E-state index contributed by atoms with van der Waals surface area (Å²) in [6.45, 7) is 3.74. The van der Waals surface area contributed by atoms with Gasteiger partial charge in [-0.3, -0.25) is 4.79 Å². The van der Waals surface area contributed by atoms with Gasteiger partial charge in [0.25, 0.3) is 0 Å². The Morgan fingerprint density at radius 3 is 3.07 bits per heavy atom. The van der Waals surface area contributed by atoms with E-state index in [0.29, 0.717) is 18.4 Å². The number of amides is 1. The molecule has 0 aromatic rings. The Balaban J connectivity index is 2.20. The van der Waals surface area contributed by atoms with Crippen molar-refractivity contribution < 1.29 is 9.53 Å². The van der Waals surface area contributed by atoms with E-state index in [2.05, 4.69) is 28.2 Å². The van der Waals surface area contributed by atoms with E-state index in [0.717, 1.165) is 31.3 Å². The molecule has 0 spiro atoms. The van der Waals surface area contributed by atoms with E-state index in [-0.39, 0.29) is 5.91 Å². The number of rotatable bonds is 5. The molecule has 82 valence electrons. The predicted molar refractivity (Wildman–Crippen MR) is 59.6 cm³/mol. The zero-order valence-corrected chi connectivity index (χ0v) is 10.2. The molecule has 0 aromatic heterocycles. The molecule has 1 fully saturated rings. The summed E-state index contributed by atoms with van der Waals surface area (Å²) in [6.07, 6.45) is 3.02. The van der Waals surface area contributed by atoms with Gasteiger partial charge in [-0.2, -0.15) is 0 Å². The van der Waals surface area contributed by atoms with Gasteiger partial charge in [-0.1, -0.05) is 22.9 Å². The molecule has 0 saturated carbocycles. The summed E-state index contributed by atoms with van der Waals surface area (Å²) in [5, 5.41) is 3.67. The van der Waals surface area contributed by atoms with Gasteiger partial charge in [-0.25, -0.2) is 0 Å². The van der Waals surface area contributed by atoms with Crippen molar-refractivity contribution in [3.05, 3.63) is 0 Å². The summed E-state index contributed by atoms with van der Waals surface area (Å²) < 4.78 is 5.55. The molecule has 2 unspecified atom stereocenters. The predicted octanol–water partition coefficient (Wildman–Crippen LogP) is 1.70. The minimum Gasteiger partial charge on any atom is -0.378 e. The molecule has 4 heteroatoms. The number of carbonyl (C=O) groups is 1. The van der Waals surface area contributed by atoms with Crippen LogP contribution in [0, 0.1) is 5.92 Å². The zero-order chi connectivity index (χ0) is 10.4. The summed E-state index contributed by atoms with van der Waals surface area (Å²) in [7, 11) is 0. The lowest BCUT2D eigenvalue weighted by Gasteiger charge is -2.16. The van der Waals surface area contributed by atoms with Crippen molar-refractivity contribution in [3.8, 4) is 0 Å². The van der Waals surface area contributed by atoms with E-state index < -0.39 is 0 Å². The molecule has 0 bridgehead atoms. The summed E-state index contributed by atoms with van der Waals surface area (Å²) in [6, 6.07) is 0. The molecule has 2 atom stereocenters. The van der Waals surface area contributed by atoms with Gasteiger partial charge in [-0.15, -0.1) is 0 Å². The van der Waals surface area contributed by atoms with Gasteiger partial charge < -0.3 is 10.1 Å². The number of hydrogen-bond donors (Lipinski definition) is 1. The third-order valence-electron chi connectivity index (χ3n) is 2.63. The number of alkyl halides is 1. The molecular weight excluding hydrogens is 246 g/mol. The van der Waals surface area contributed by atoms with Gasteiger partial charge >= 0.3 is 0 Å². The minimum absolute atomic E-state index is 0.128. The highest BCUT2D eigenvalue weighted by molar-refractivity contribution is 9.09. The van der Waals surface area contributed by atoms with Crippen LogP contribution in [0.15, 0.2) is 0 Å². The van der Waals surface area contributed by atoms with Gasteiger partial charge in [0, 0.05) is 30.8 Å². The van der Waals surface area contributed by atoms with Crippen LogP contribution < -0.4 is 5.32 Å². The van der Waals surface area contributed by atoms with Crippen LogP contribution in [0.5, 0.6) is 0 Å². The van der Waals surface area contributed by atoms with Gasteiger partial charge in [0.05, 0.1) is 6.10 Å². The fourth-order valence-corrected chi connectivity index (χ4v) is 2.16. The number of carbonyl (C=O) groups excluding carboxylic acids is 1. The van der Waals surface area contributed by atoms with Gasteiger partial charge in [0.2, 0.25) is 5.91 Å². The average Bonchev–Trinajstić information content (AvgIpc) is 2.62. The van der Waals surface area contributed by atoms with Crippen LogP contribution in [0.1, 0.15) is 26.2 Å². The van der Waals surface area contributed by atoms with E-state index in [1.807, 2.05) is 0 Å². The van der Waals surface area contributed by atoms with Crippen LogP contribution >= 0.6 is 15.9 Å². The molecule has 1 saturated heterocycles. The van der Waals surface area contributed by atoms with Crippen LogP contribution in [0.2, 0.25) is 0 Å². The maximum Gasteiger partial charge on any atom is 0.220 e. The first-order valence-electron chi connectivity index (χ1n) is 5.22. The van der Waals surface area contributed by atoms with Gasteiger partial charge in [0.1, 0.15) is 0 Å². The van der Waals surface area contributed by atoms with Crippen molar-refractivity contribution in [1.29, 1.82) is 0 Å². The monoisotopic (exact) mass is 263 g/mol. The third-order valence-corrected chi connectivity index (χ3v) is 3.03. The first kappa shape index (κ1) is 12.0. The smallest absolute Gasteiger partial charge is 0.220 e. The second-order valence-corrected chi connectivity index (χ2v) is 4.40. The van der Waals surface area contributed by atoms with E-state index in [1.54, 1.807) is 0 Å². The molecule has 0 aromatic carbocycles. The molecular formula is C10H18BrNO2. The third kappa shape index (κ3) is 3.58. The average molecular weight is 264 g/mol. The van der Waals surface area contributed by atoms with E-state index in [1.165, 1.54) is 0 Å². The Morgan fingerprint density at radius 1 is 1.64 bits per heavy atom. The molecule has 0 radical (unpaired) electrons. The minimum atomic E-state index is 0.128. The number of hydrogen-bond acceptors (Lipinski definition) is 2. The standard InChI is InChI=1S/C10H18BrNO2/c1-2-9-8(4-6-14-9)7-12-10(13)3-5-11/h8-9H,2-7H2,1H3,(H,12,13). The Morgan fingerprint density at radius 2 is 2.43 bits per heavy atom. The maximum atomic E-state index is 11.2. The Hall–Kier alpha value is -0.0900. The largest absolute Gasteiger partial charge is 0.378 e. The fraction of sp³-hybridized carbons (Fsp3) is 0.900. The van der Waals surface area contributed by atoms with Crippen molar-refractivity contribution in [2.45, 2.75) is 32.3 Å². The summed E-state index contributed by atoms with van der Waals surface area (Å²) in [4.78, 5) is 11.2. The molecule has 3 nitrogen and oxygen atoms in total. The molecule has 1 N–H and O–H groups in total. The topological polar surface area (TPSA) is 38.3 Å². The van der Waals surface area contributed by atoms with Gasteiger partial charge in [-0.05, 0) is 12.8 Å². The molecule has 1 aliphatic rings. The van der Waals surface area contributed by atoms with Crippen molar-refractivity contribution in [2.24, 2.45) is 5.92 Å². The molecule has 1 aliphatic heterocycles. The Kier molecular flexibility index (Phi) is 5.48. The van der Waals surface area contributed by atoms with Crippen molar-refractivity contribution in [2.75, 3.05) is 18.5 Å². The lowest BCUT2D eigenvalue weighted by Crippen LogP contribution is -2.32. The van der Waals surface area contributed by atoms with Crippen molar-refractivity contribution in [3.63, 3.8) is 0 Å². The van der Waals surface area contributed by atoms with Crippen molar-refractivity contribution in [1.82, 2.24) is 5.32 Å². The number of ether oxygens (including phenoxy) is 1. The highest BCUT2D eigenvalue weighted by Gasteiger charge is 2.26. The fourth-order valence-electron chi connectivity index (χ4n) is 1.80. The normalized spacial score (nSPS) is 26.4. The first-order valence-corrected chi connectivity index (χ1v) is 6.34. The van der Waals surface area contributed by atoms with Crippen LogP contribution in [-0.2, 0) is 9.53 Å². The van der Waals surface area contributed by atoms with Crippen LogP contribution in [0.25, 0.3) is 0 Å². The summed E-state index contributed by atoms with van der Waals surface area (Å²) >= 11 is 3.24. The molecule has 1 rings (SSSR count). The van der Waals surface area contributed by atoms with Crippen LogP contribution in [-0.4, -0.2) is 30.5 Å². The highest BCUT2D eigenvalue weighted by atomic mass is 79.9. The second-order valence-electron chi connectivity index (χ2n) is 3.61. The number of halogens is 1. The van der Waals surface area contributed by atoms with Crippen LogP contribution in [0.4, 0.5) is 0 Å². The van der Waals surface area contributed by atoms with Gasteiger partial charge in [0.15, 0.2) is 0 Å². The Labute approximate surface area is 93.7 Å². The molecule has 1 amide bonds. The molecule has 14 heavy (non-hydrogen) atoms. The van der Waals surface area contributed by atoms with Crippen LogP contribution in [0.3, 0.4) is 0 Å². The molecule has 0 aliphatic carbocycles. The zero-order valence-electron chi connectivity index (χ0n) is 8.59. The number of nitrogens with one attached hydrogen (secondary N) is 1. The Bertz CT molecular complexity index is 187. The molecule has 1 heterocycles. The second kappa shape index (κ2) is 6.40. The summed E-state index contributed by atoms with van der Waals surface area (Å²) in [5.74, 6) is 0.642. The first-order chi connectivity index (χ1) is 6.77. The van der Waals surface area contributed by atoms with Crippen molar-refractivity contribution >= 4 is 21.8 Å². The lowest BCUT2D eigenvalue weighted by molar-refractivity contribution is -0.120. The lowest BCUT2D eigenvalue weighted by atomic mass is 10.00. The maximum absolute atomic E-state index is 11.2. The van der Waals surface area contributed by atoms with E-state index in [4.69, 9.17) is 4.74 Å². The van der Waals surface area contributed by atoms with E-state index >= 15 is 0 Å². The quantitative estimate of drug-likeness (QED) is 0.767. The highest BCUT2D eigenvalue weighted by Crippen LogP contribution is 2.22.